The molecular formula is C8H5Cl4N. The fraction of sp³-hybridized carbons (Fsp3) is 0.250. The monoisotopic (exact) mass is 255 g/mol. The Labute approximate surface area is 95.9 Å². The minimum Gasteiger partial charge on any atom is -0.308 e. The first kappa shape index (κ1) is 9.88. The van der Waals surface area contributed by atoms with Gasteiger partial charge in [-0.1, -0.05) is 46.4 Å². The number of hydrogen-bond donors (Lipinski definition) is 1. The van der Waals surface area contributed by atoms with Crippen molar-refractivity contribution in [2.75, 3.05) is 0 Å². The lowest BCUT2D eigenvalue weighted by Gasteiger charge is -2.08. The van der Waals surface area contributed by atoms with E-state index in [1.54, 1.807) is 0 Å². The molecule has 1 N–H and O–H groups in total. The topological polar surface area (TPSA) is 12.0 Å². The first-order valence-electron chi connectivity index (χ1n) is 3.67. The minimum absolute atomic E-state index is 0.343. The lowest BCUT2D eigenvalue weighted by molar-refractivity contribution is 0.765. The van der Waals surface area contributed by atoms with Gasteiger partial charge in [-0.3, -0.25) is 0 Å². The second kappa shape index (κ2) is 3.48. The van der Waals surface area contributed by atoms with Crippen LogP contribution in [0.4, 0.5) is 0 Å². The highest BCUT2D eigenvalue weighted by Crippen LogP contribution is 2.42. The molecule has 1 aliphatic heterocycles. The van der Waals surface area contributed by atoms with E-state index in [1.807, 2.05) is 0 Å². The zero-order chi connectivity index (χ0) is 9.59. The molecule has 0 amide bonds. The average Bonchev–Trinajstić information content (AvgIpc) is 2.59. The highest BCUT2D eigenvalue weighted by atomic mass is 35.5. The van der Waals surface area contributed by atoms with Crippen LogP contribution in [-0.4, -0.2) is 0 Å². The van der Waals surface area contributed by atoms with Gasteiger partial charge in [0.1, 0.15) is 0 Å². The second-order valence-electron chi connectivity index (χ2n) is 2.82. The van der Waals surface area contributed by atoms with Crippen molar-refractivity contribution in [3.05, 3.63) is 31.2 Å². The Morgan fingerprint density at radius 3 is 1.46 bits per heavy atom. The van der Waals surface area contributed by atoms with Crippen LogP contribution in [0.15, 0.2) is 0 Å². The van der Waals surface area contributed by atoms with E-state index in [4.69, 9.17) is 46.4 Å². The summed E-state index contributed by atoms with van der Waals surface area (Å²) in [5.41, 5.74) is 1.92. The maximum atomic E-state index is 6.00. The fourth-order valence-corrected chi connectivity index (χ4v) is 2.47. The first-order valence-corrected chi connectivity index (χ1v) is 5.18. The Kier molecular flexibility index (Phi) is 2.65. The number of benzene rings is 1. The summed E-state index contributed by atoms with van der Waals surface area (Å²) in [5.74, 6) is 0. The average molecular weight is 257 g/mol. The zero-order valence-electron chi connectivity index (χ0n) is 6.43. The van der Waals surface area contributed by atoms with Crippen molar-refractivity contribution >= 4 is 46.4 Å². The SMILES string of the molecule is Clc1c(Cl)c(Cl)c2c(c1Cl)CNC2. The van der Waals surface area contributed by atoms with Gasteiger partial charge in [0.25, 0.3) is 0 Å². The third-order valence-electron chi connectivity index (χ3n) is 2.08. The molecule has 1 nitrogen and oxygen atoms in total. The normalized spacial score (nSPS) is 14.8. The summed E-state index contributed by atoms with van der Waals surface area (Å²) in [7, 11) is 0. The van der Waals surface area contributed by atoms with Crippen molar-refractivity contribution in [2.45, 2.75) is 13.1 Å². The summed E-state index contributed by atoms with van der Waals surface area (Å²) in [5, 5.41) is 4.84. The zero-order valence-corrected chi connectivity index (χ0v) is 9.45. The van der Waals surface area contributed by atoms with Crippen molar-refractivity contribution in [1.82, 2.24) is 5.32 Å². The predicted octanol–water partition coefficient (Wildman–Crippen LogP) is 3.90. The quantitative estimate of drug-likeness (QED) is 0.548. The molecule has 13 heavy (non-hydrogen) atoms. The van der Waals surface area contributed by atoms with Gasteiger partial charge in [-0.25, -0.2) is 0 Å². The number of fused-ring (bicyclic) bond motifs is 1. The van der Waals surface area contributed by atoms with Crippen LogP contribution in [-0.2, 0) is 13.1 Å². The maximum Gasteiger partial charge on any atom is 0.0797 e. The van der Waals surface area contributed by atoms with Gasteiger partial charge in [-0.05, 0) is 11.1 Å². The lowest BCUT2D eigenvalue weighted by atomic mass is 10.1. The maximum absolute atomic E-state index is 6.00. The van der Waals surface area contributed by atoms with Gasteiger partial charge in [-0.15, -0.1) is 0 Å². The van der Waals surface area contributed by atoms with Crippen LogP contribution in [0.3, 0.4) is 0 Å². The molecule has 0 atom stereocenters. The van der Waals surface area contributed by atoms with Gasteiger partial charge in [-0.2, -0.15) is 0 Å². The molecule has 5 heteroatoms. The number of rotatable bonds is 0. The van der Waals surface area contributed by atoms with Crippen LogP contribution in [0.2, 0.25) is 20.1 Å². The standard InChI is InChI=1S/C8H5Cl4N/c9-5-3-1-13-2-4(3)6(10)8(12)7(5)11/h13H,1-2H2. The van der Waals surface area contributed by atoms with Crippen LogP contribution in [0.5, 0.6) is 0 Å². The molecule has 0 radical (unpaired) electrons. The molecule has 1 heterocycles. The van der Waals surface area contributed by atoms with Crippen LogP contribution < -0.4 is 5.32 Å². The van der Waals surface area contributed by atoms with Gasteiger partial charge < -0.3 is 5.32 Å². The molecule has 1 aliphatic rings. The molecule has 0 saturated carbocycles. The Morgan fingerprint density at radius 1 is 0.692 bits per heavy atom. The van der Waals surface area contributed by atoms with E-state index in [1.165, 1.54) is 0 Å². The highest BCUT2D eigenvalue weighted by molar-refractivity contribution is 6.52. The van der Waals surface area contributed by atoms with E-state index in [-0.39, 0.29) is 0 Å². The Bertz CT molecular complexity index is 340. The van der Waals surface area contributed by atoms with Crippen molar-refractivity contribution in [2.24, 2.45) is 0 Å². The van der Waals surface area contributed by atoms with Gasteiger partial charge in [0.05, 0.1) is 20.1 Å². The Balaban J connectivity index is 2.77. The predicted molar refractivity (Wildman–Crippen MR) is 57.0 cm³/mol. The Morgan fingerprint density at radius 2 is 1.08 bits per heavy atom. The summed E-state index contributed by atoms with van der Waals surface area (Å²) in [6, 6.07) is 0. The number of hydrogen-bond acceptors (Lipinski definition) is 1. The van der Waals surface area contributed by atoms with Crippen molar-refractivity contribution in [3.8, 4) is 0 Å². The fourth-order valence-electron chi connectivity index (χ4n) is 1.40. The van der Waals surface area contributed by atoms with E-state index in [0.717, 1.165) is 11.1 Å². The van der Waals surface area contributed by atoms with E-state index < -0.39 is 0 Å². The van der Waals surface area contributed by atoms with Crippen molar-refractivity contribution in [3.63, 3.8) is 0 Å². The summed E-state index contributed by atoms with van der Waals surface area (Å²) in [6.45, 7) is 1.40. The van der Waals surface area contributed by atoms with E-state index in [9.17, 15) is 0 Å². The van der Waals surface area contributed by atoms with E-state index in [0.29, 0.717) is 33.2 Å². The van der Waals surface area contributed by atoms with Crippen molar-refractivity contribution in [1.29, 1.82) is 0 Å². The largest absolute Gasteiger partial charge is 0.308 e. The molecule has 1 aromatic carbocycles. The second-order valence-corrected chi connectivity index (χ2v) is 4.33. The van der Waals surface area contributed by atoms with E-state index >= 15 is 0 Å². The van der Waals surface area contributed by atoms with Crippen LogP contribution in [0, 0.1) is 0 Å². The highest BCUT2D eigenvalue weighted by Gasteiger charge is 2.22. The minimum atomic E-state index is 0.343. The molecule has 2 rings (SSSR count). The van der Waals surface area contributed by atoms with Gasteiger partial charge in [0.15, 0.2) is 0 Å². The summed E-state index contributed by atoms with van der Waals surface area (Å²) in [4.78, 5) is 0. The van der Waals surface area contributed by atoms with Crippen LogP contribution >= 0.6 is 46.4 Å². The van der Waals surface area contributed by atoms with Crippen LogP contribution in [0.1, 0.15) is 11.1 Å². The van der Waals surface area contributed by atoms with Crippen LogP contribution in [0.25, 0.3) is 0 Å². The summed E-state index contributed by atoms with van der Waals surface area (Å²) >= 11 is 23.8. The third-order valence-corrected chi connectivity index (χ3v) is 3.96. The van der Waals surface area contributed by atoms with Gasteiger partial charge in [0, 0.05) is 13.1 Å². The Hall–Kier alpha value is 0.340. The summed E-state index contributed by atoms with van der Waals surface area (Å²) < 4.78 is 0. The molecule has 1 aromatic rings. The molecule has 0 unspecified atom stereocenters. The number of nitrogens with one attached hydrogen (secondary N) is 1. The molecular weight excluding hydrogens is 252 g/mol. The molecule has 0 saturated heterocycles. The first-order chi connectivity index (χ1) is 6.13. The molecule has 0 spiro atoms. The number of halogens is 4. The molecule has 70 valence electrons. The van der Waals surface area contributed by atoms with Crippen molar-refractivity contribution < 1.29 is 0 Å². The third kappa shape index (κ3) is 1.43. The summed E-state index contributed by atoms with van der Waals surface area (Å²) in [6.07, 6.45) is 0. The molecule has 0 aliphatic carbocycles. The smallest absolute Gasteiger partial charge is 0.0797 e. The van der Waals surface area contributed by atoms with E-state index in [2.05, 4.69) is 5.32 Å². The van der Waals surface area contributed by atoms with Gasteiger partial charge >= 0.3 is 0 Å². The molecule has 0 aromatic heterocycles. The molecule has 0 bridgehead atoms. The molecule has 0 fully saturated rings. The lowest BCUT2D eigenvalue weighted by Crippen LogP contribution is -2.00. The van der Waals surface area contributed by atoms with Gasteiger partial charge in [0.2, 0.25) is 0 Å².